The summed E-state index contributed by atoms with van der Waals surface area (Å²) in [4.78, 5) is 16.4. The summed E-state index contributed by atoms with van der Waals surface area (Å²) in [6, 6.07) is 12.0. The van der Waals surface area contributed by atoms with Crippen molar-refractivity contribution in [2.75, 3.05) is 23.3 Å². The first-order chi connectivity index (χ1) is 18.3. The number of nitrogens with one attached hydrogen (secondary N) is 1. The molecule has 6 rings (SSSR count). The monoisotopic (exact) mass is 526 g/mol. The van der Waals surface area contributed by atoms with Crippen molar-refractivity contribution in [1.82, 2.24) is 29.5 Å². The molecule has 0 amide bonds. The average molecular weight is 527 g/mol. The number of halogens is 1. The highest BCUT2D eigenvalue weighted by Gasteiger charge is 2.28. The molecule has 194 valence electrons. The highest BCUT2D eigenvalue weighted by Crippen LogP contribution is 2.36. The summed E-state index contributed by atoms with van der Waals surface area (Å²) in [5.41, 5.74) is 6.98. The molecule has 1 fully saturated rings. The molecule has 38 heavy (non-hydrogen) atoms. The van der Waals surface area contributed by atoms with Crippen LogP contribution in [0, 0.1) is 12.3 Å². The van der Waals surface area contributed by atoms with Crippen LogP contribution in [0.4, 0.5) is 11.6 Å². The topological polar surface area (TPSA) is 84.1 Å². The van der Waals surface area contributed by atoms with Crippen molar-refractivity contribution in [2.45, 2.75) is 46.6 Å². The van der Waals surface area contributed by atoms with Crippen molar-refractivity contribution in [3.8, 4) is 11.3 Å². The zero-order chi connectivity index (χ0) is 26.4. The number of anilines is 2. The number of pyridine rings is 2. The summed E-state index contributed by atoms with van der Waals surface area (Å²) in [7, 11) is 0. The molecule has 8 nitrogen and oxygen atoms in total. The van der Waals surface area contributed by atoms with Crippen LogP contribution in [0.2, 0.25) is 5.15 Å². The molecule has 0 aliphatic carbocycles. The van der Waals surface area contributed by atoms with Gasteiger partial charge in [0.15, 0.2) is 5.65 Å². The molecule has 1 atom stereocenters. The Bertz CT molecular complexity index is 1620. The van der Waals surface area contributed by atoms with Crippen LogP contribution in [0.15, 0.2) is 55.1 Å². The number of hydrogen-bond acceptors (Lipinski definition) is 7. The van der Waals surface area contributed by atoms with Crippen LogP contribution >= 0.6 is 11.6 Å². The van der Waals surface area contributed by atoms with Crippen molar-refractivity contribution in [2.24, 2.45) is 5.41 Å². The second-order valence-corrected chi connectivity index (χ2v) is 11.4. The summed E-state index contributed by atoms with van der Waals surface area (Å²) in [6.45, 7) is 10.9. The Morgan fingerprint density at radius 2 is 1.79 bits per heavy atom. The highest BCUT2D eigenvalue weighted by molar-refractivity contribution is 6.29. The minimum Gasteiger partial charge on any atom is -0.377 e. The van der Waals surface area contributed by atoms with E-state index in [1.165, 1.54) is 0 Å². The van der Waals surface area contributed by atoms with Gasteiger partial charge < -0.3 is 10.2 Å². The Morgan fingerprint density at radius 1 is 1.03 bits per heavy atom. The molecule has 1 N–H and O–H groups in total. The molecule has 5 heterocycles. The van der Waals surface area contributed by atoms with Gasteiger partial charge in [0.1, 0.15) is 11.5 Å². The summed E-state index contributed by atoms with van der Waals surface area (Å²) in [5.74, 6) is 0.899. The van der Waals surface area contributed by atoms with E-state index in [4.69, 9.17) is 16.6 Å². The molecule has 1 unspecified atom stereocenters. The number of fused-ring (bicyclic) bond motifs is 3. The highest BCUT2D eigenvalue weighted by atomic mass is 35.5. The fraction of sp³-hybridized carbons (Fsp3) is 0.345. The first-order valence-corrected chi connectivity index (χ1v) is 13.4. The smallest absolute Gasteiger partial charge is 0.213 e. The van der Waals surface area contributed by atoms with Crippen LogP contribution in [-0.4, -0.2) is 42.6 Å². The molecule has 1 aliphatic heterocycles. The molecule has 1 saturated heterocycles. The van der Waals surface area contributed by atoms with Crippen molar-refractivity contribution < 1.29 is 0 Å². The quantitative estimate of drug-likeness (QED) is 0.262. The van der Waals surface area contributed by atoms with E-state index in [0.717, 1.165) is 76.5 Å². The van der Waals surface area contributed by atoms with E-state index in [1.54, 1.807) is 18.7 Å². The summed E-state index contributed by atoms with van der Waals surface area (Å²) < 4.78 is 2.03. The van der Waals surface area contributed by atoms with Gasteiger partial charge in [0.05, 0.1) is 22.9 Å². The average Bonchev–Trinajstić information content (AvgIpc) is 3.40. The molecule has 9 heteroatoms. The predicted molar refractivity (Wildman–Crippen MR) is 153 cm³/mol. The Kier molecular flexibility index (Phi) is 6.14. The third-order valence-electron chi connectivity index (χ3n) is 7.55. The summed E-state index contributed by atoms with van der Waals surface area (Å²) in [5, 5.41) is 13.9. The lowest BCUT2D eigenvalue weighted by Crippen LogP contribution is -2.38. The van der Waals surface area contributed by atoms with Crippen LogP contribution in [0.5, 0.6) is 0 Å². The van der Waals surface area contributed by atoms with Crippen molar-refractivity contribution in [3.05, 3.63) is 71.4 Å². The lowest BCUT2D eigenvalue weighted by molar-refractivity contribution is 0.278. The van der Waals surface area contributed by atoms with Gasteiger partial charge in [-0.15, -0.1) is 10.2 Å². The number of benzene rings is 1. The molecule has 1 aliphatic rings. The number of aromatic nitrogens is 6. The normalized spacial score (nSPS) is 16.2. The third kappa shape index (κ3) is 4.53. The number of hydrogen-bond donors (Lipinski definition) is 1. The second-order valence-electron chi connectivity index (χ2n) is 11.0. The molecule has 0 saturated carbocycles. The number of aryl methyl sites for hydroxylation is 1. The SMILES string of the molecule is Cc1cc(C(C)Nc2ccc(Cl)nc2-c2ccncc2)c2nc(N3CCC(C)(C)CC3)n3cnnc3c2c1. The molecular formula is C29H31ClN8. The second kappa shape index (κ2) is 9.51. The lowest BCUT2D eigenvalue weighted by Gasteiger charge is -2.37. The minimum absolute atomic E-state index is 0.0630. The fourth-order valence-corrected chi connectivity index (χ4v) is 5.43. The molecule has 0 spiro atoms. The van der Waals surface area contributed by atoms with Gasteiger partial charge in [-0.2, -0.15) is 0 Å². The molecular weight excluding hydrogens is 496 g/mol. The number of nitrogens with zero attached hydrogens (tertiary/aromatic N) is 7. The van der Waals surface area contributed by atoms with Crippen molar-refractivity contribution in [3.63, 3.8) is 0 Å². The van der Waals surface area contributed by atoms with Gasteiger partial charge in [-0.05, 0) is 68.0 Å². The minimum atomic E-state index is -0.0630. The molecule has 0 bridgehead atoms. The lowest BCUT2D eigenvalue weighted by atomic mass is 9.83. The van der Waals surface area contributed by atoms with Crippen LogP contribution < -0.4 is 10.2 Å². The third-order valence-corrected chi connectivity index (χ3v) is 7.76. The predicted octanol–water partition coefficient (Wildman–Crippen LogP) is 6.50. The van der Waals surface area contributed by atoms with E-state index >= 15 is 0 Å². The van der Waals surface area contributed by atoms with E-state index < -0.39 is 0 Å². The first kappa shape index (κ1) is 24.6. The number of rotatable bonds is 5. The van der Waals surface area contributed by atoms with Crippen LogP contribution in [-0.2, 0) is 0 Å². The maximum atomic E-state index is 6.29. The summed E-state index contributed by atoms with van der Waals surface area (Å²) >= 11 is 6.29. The van der Waals surface area contributed by atoms with E-state index in [0.29, 0.717) is 10.6 Å². The largest absolute Gasteiger partial charge is 0.377 e. The zero-order valence-electron chi connectivity index (χ0n) is 22.1. The van der Waals surface area contributed by atoms with Gasteiger partial charge in [-0.3, -0.25) is 9.38 Å². The summed E-state index contributed by atoms with van der Waals surface area (Å²) in [6.07, 6.45) is 7.54. The maximum absolute atomic E-state index is 6.29. The fourth-order valence-electron chi connectivity index (χ4n) is 5.28. The van der Waals surface area contributed by atoms with Gasteiger partial charge in [0.25, 0.3) is 0 Å². The zero-order valence-corrected chi connectivity index (χ0v) is 22.9. The van der Waals surface area contributed by atoms with E-state index in [1.807, 2.05) is 28.7 Å². The van der Waals surface area contributed by atoms with Crippen LogP contribution in [0.1, 0.15) is 50.8 Å². The van der Waals surface area contributed by atoms with Gasteiger partial charge >= 0.3 is 0 Å². The number of piperidine rings is 1. The molecule has 1 aromatic carbocycles. The Hall–Kier alpha value is -3.78. The van der Waals surface area contributed by atoms with Gasteiger partial charge in [0.2, 0.25) is 5.95 Å². The van der Waals surface area contributed by atoms with Gasteiger partial charge in [-0.25, -0.2) is 9.97 Å². The van der Waals surface area contributed by atoms with Crippen LogP contribution in [0.25, 0.3) is 27.8 Å². The van der Waals surface area contributed by atoms with Crippen molar-refractivity contribution in [1.29, 1.82) is 0 Å². The van der Waals surface area contributed by atoms with Crippen molar-refractivity contribution >= 4 is 39.8 Å². The molecule has 4 aromatic heterocycles. The van der Waals surface area contributed by atoms with Crippen LogP contribution in [0.3, 0.4) is 0 Å². The Morgan fingerprint density at radius 3 is 2.55 bits per heavy atom. The molecule has 0 radical (unpaired) electrons. The molecule has 5 aromatic rings. The van der Waals surface area contributed by atoms with E-state index in [2.05, 4.69) is 70.2 Å². The first-order valence-electron chi connectivity index (χ1n) is 13.0. The van der Waals surface area contributed by atoms with Gasteiger partial charge in [-0.1, -0.05) is 31.5 Å². The maximum Gasteiger partial charge on any atom is 0.213 e. The Labute approximate surface area is 227 Å². The van der Waals surface area contributed by atoms with E-state index in [-0.39, 0.29) is 6.04 Å². The standard InChI is InChI=1S/C29H31ClN8/c1-18-15-21(19(2)33-23-5-6-24(30)34-25(23)20-7-11-31-12-8-20)26-22(16-18)27-36-32-17-38(27)28(35-26)37-13-9-29(3,4)10-14-37/h5-8,11-12,15-17,19,33H,9-10,13-14H2,1-4H3. The van der Waals surface area contributed by atoms with E-state index in [9.17, 15) is 0 Å². The Balaban J connectivity index is 1.45. The van der Waals surface area contributed by atoms with Gasteiger partial charge in [0, 0.05) is 42.0 Å².